The molecule has 20 heavy (non-hydrogen) atoms. The zero-order chi connectivity index (χ0) is 15.7. The first-order valence-corrected chi connectivity index (χ1v) is 6.58. The molecule has 0 aliphatic heterocycles. The van der Waals surface area contributed by atoms with Crippen molar-refractivity contribution in [1.82, 2.24) is 5.32 Å². The van der Waals surface area contributed by atoms with E-state index in [-0.39, 0.29) is 30.6 Å². The van der Waals surface area contributed by atoms with E-state index in [0.29, 0.717) is 0 Å². The maximum atomic E-state index is 11.4. The third-order valence-corrected chi connectivity index (χ3v) is 2.10. The van der Waals surface area contributed by atoms with Crippen molar-refractivity contribution in [1.29, 1.82) is 0 Å². The van der Waals surface area contributed by atoms with Crippen molar-refractivity contribution < 1.29 is 23.9 Å². The molecular formula is C14H23NO5. The van der Waals surface area contributed by atoms with Crippen LogP contribution in [-0.4, -0.2) is 36.6 Å². The molecule has 0 fully saturated rings. The minimum absolute atomic E-state index is 0.0425. The van der Waals surface area contributed by atoms with E-state index in [1.54, 1.807) is 34.6 Å². The molecule has 0 spiro atoms. The third kappa shape index (κ3) is 9.13. The molecule has 6 heteroatoms. The minimum Gasteiger partial charge on any atom is -0.460 e. The summed E-state index contributed by atoms with van der Waals surface area (Å²) in [6, 6.07) is -0.287. The highest BCUT2D eigenvalue weighted by molar-refractivity contribution is 5.91. The number of nitrogens with one attached hydrogen (secondary N) is 1. The molecule has 0 aromatic heterocycles. The number of esters is 2. The van der Waals surface area contributed by atoms with Gasteiger partial charge in [-0.05, 0) is 20.8 Å². The summed E-state index contributed by atoms with van der Waals surface area (Å²) in [5, 5.41) is 2.69. The van der Waals surface area contributed by atoms with Crippen molar-refractivity contribution in [2.75, 3.05) is 6.61 Å². The summed E-state index contributed by atoms with van der Waals surface area (Å²) in [6.45, 7) is 8.74. The Balaban J connectivity index is 4.01. The van der Waals surface area contributed by atoms with E-state index in [2.05, 4.69) is 5.32 Å². The van der Waals surface area contributed by atoms with Crippen molar-refractivity contribution >= 4 is 17.8 Å². The Morgan fingerprint density at radius 1 is 1.00 bits per heavy atom. The summed E-state index contributed by atoms with van der Waals surface area (Å²) in [4.78, 5) is 33.9. The molecular weight excluding hydrogens is 262 g/mol. The van der Waals surface area contributed by atoms with Gasteiger partial charge in [-0.25, -0.2) is 9.59 Å². The molecule has 1 amide bonds. The number of amides is 1. The highest BCUT2D eigenvalue weighted by atomic mass is 16.5. The van der Waals surface area contributed by atoms with E-state index in [4.69, 9.17) is 9.47 Å². The van der Waals surface area contributed by atoms with Gasteiger partial charge in [0.25, 0.3) is 0 Å². The Hall–Kier alpha value is -1.85. The van der Waals surface area contributed by atoms with Crippen LogP contribution in [0.3, 0.4) is 0 Å². The van der Waals surface area contributed by atoms with Crippen LogP contribution in [0, 0.1) is 5.92 Å². The van der Waals surface area contributed by atoms with Gasteiger partial charge in [0.2, 0.25) is 5.91 Å². The topological polar surface area (TPSA) is 81.7 Å². The predicted octanol–water partition coefficient (Wildman–Crippen LogP) is 1.20. The second-order valence-corrected chi connectivity index (χ2v) is 5.01. The minimum atomic E-state index is -0.656. The van der Waals surface area contributed by atoms with Gasteiger partial charge < -0.3 is 14.8 Å². The van der Waals surface area contributed by atoms with Gasteiger partial charge in [-0.3, -0.25) is 4.79 Å². The molecule has 0 saturated heterocycles. The van der Waals surface area contributed by atoms with Crippen LogP contribution in [0.4, 0.5) is 0 Å². The van der Waals surface area contributed by atoms with Crippen molar-refractivity contribution in [3.05, 3.63) is 12.2 Å². The van der Waals surface area contributed by atoms with Gasteiger partial charge in [0, 0.05) is 18.1 Å². The summed E-state index contributed by atoms with van der Waals surface area (Å²) in [7, 11) is 0. The van der Waals surface area contributed by atoms with Crippen molar-refractivity contribution in [2.45, 2.75) is 46.8 Å². The van der Waals surface area contributed by atoms with Gasteiger partial charge >= 0.3 is 11.9 Å². The zero-order valence-electron chi connectivity index (χ0n) is 12.6. The molecule has 1 atom stereocenters. The third-order valence-electron chi connectivity index (χ3n) is 2.10. The maximum Gasteiger partial charge on any atom is 0.331 e. The summed E-state index contributed by atoms with van der Waals surface area (Å²) in [5.74, 6) is -1.49. The number of carbonyl (C=O) groups is 3. The quantitative estimate of drug-likeness (QED) is 0.561. The first-order chi connectivity index (χ1) is 9.22. The van der Waals surface area contributed by atoms with E-state index < -0.39 is 11.9 Å². The van der Waals surface area contributed by atoms with Gasteiger partial charge in [-0.1, -0.05) is 13.8 Å². The highest BCUT2D eigenvalue weighted by Crippen LogP contribution is 1.95. The summed E-state index contributed by atoms with van der Waals surface area (Å²) >= 11 is 0. The summed E-state index contributed by atoms with van der Waals surface area (Å²) in [5.41, 5.74) is 0. The maximum absolute atomic E-state index is 11.4. The average Bonchev–Trinajstić information content (AvgIpc) is 2.32. The molecule has 0 bridgehead atoms. The fourth-order valence-corrected chi connectivity index (χ4v) is 1.11. The van der Waals surface area contributed by atoms with Crippen LogP contribution in [0.15, 0.2) is 12.2 Å². The van der Waals surface area contributed by atoms with Crippen LogP contribution < -0.4 is 5.32 Å². The molecule has 0 radical (unpaired) electrons. The van der Waals surface area contributed by atoms with E-state index in [9.17, 15) is 14.4 Å². The first-order valence-electron chi connectivity index (χ1n) is 6.58. The van der Waals surface area contributed by atoms with Crippen molar-refractivity contribution in [3.63, 3.8) is 0 Å². The molecule has 0 aliphatic rings. The molecule has 0 heterocycles. The number of ether oxygens (including phenoxy) is 2. The molecule has 0 rings (SSSR count). The Morgan fingerprint density at radius 2 is 1.55 bits per heavy atom. The molecule has 1 N–H and O–H groups in total. The number of carbonyl (C=O) groups excluding carboxylic acids is 3. The number of hydrogen-bond acceptors (Lipinski definition) is 5. The van der Waals surface area contributed by atoms with Gasteiger partial charge in [0.15, 0.2) is 0 Å². The standard InChI is InChI=1S/C14H23NO5/c1-9(2)14(18)15-11(5)8-19-12(16)6-7-13(17)20-10(3)4/h6-7,9-11H,8H2,1-5H3,(H,15,18)/b7-6+. The van der Waals surface area contributed by atoms with Gasteiger partial charge in [0.05, 0.1) is 12.1 Å². The van der Waals surface area contributed by atoms with Gasteiger partial charge in [-0.15, -0.1) is 0 Å². The summed E-state index contributed by atoms with van der Waals surface area (Å²) < 4.78 is 9.71. The van der Waals surface area contributed by atoms with Crippen molar-refractivity contribution in [2.24, 2.45) is 5.92 Å². The SMILES string of the molecule is CC(COC(=O)/C=C/C(=O)OC(C)C)NC(=O)C(C)C. The normalized spacial score (nSPS) is 12.6. The first kappa shape index (κ1) is 18.1. The second kappa shape index (κ2) is 9.12. The Labute approximate surface area is 119 Å². The van der Waals surface area contributed by atoms with Crippen LogP contribution in [0.1, 0.15) is 34.6 Å². The van der Waals surface area contributed by atoms with E-state index in [1.165, 1.54) is 0 Å². The lowest BCUT2D eigenvalue weighted by Crippen LogP contribution is -2.38. The monoisotopic (exact) mass is 285 g/mol. The van der Waals surface area contributed by atoms with Crippen molar-refractivity contribution in [3.8, 4) is 0 Å². The largest absolute Gasteiger partial charge is 0.460 e. The zero-order valence-corrected chi connectivity index (χ0v) is 12.6. The predicted molar refractivity (Wildman–Crippen MR) is 73.8 cm³/mol. The van der Waals surface area contributed by atoms with Crippen LogP contribution in [-0.2, 0) is 23.9 Å². The molecule has 6 nitrogen and oxygen atoms in total. The Bertz CT molecular complexity index is 374. The number of rotatable bonds is 7. The fourth-order valence-electron chi connectivity index (χ4n) is 1.11. The smallest absolute Gasteiger partial charge is 0.331 e. The second-order valence-electron chi connectivity index (χ2n) is 5.01. The Kier molecular flexibility index (Phi) is 8.27. The Morgan fingerprint density at radius 3 is 2.05 bits per heavy atom. The molecule has 0 saturated carbocycles. The van der Waals surface area contributed by atoms with E-state index in [1.807, 2.05) is 0 Å². The molecule has 0 aromatic carbocycles. The molecule has 1 unspecified atom stereocenters. The van der Waals surface area contributed by atoms with E-state index >= 15 is 0 Å². The van der Waals surface area contributed by atoms with Crippen LogP contribution in [0.2, 0.25) is 0 Å². The van der Waals surface area contributed by atoms with Crippen LogP contribution in [0.5, 0.6) is 0 Å². The summed E-state index contributed by atoms with van der Waals surface area (Å²) in [6.07, 6.45) is 1.77. The van der Waals surface area contributed by atoms with Gasteiger partial charge in [0.1, 0.15) is 6.61 Å². The molecule has 0 aliphatic carbocycles. The highest BCUT2D eigenvalue weighted by Gasteiger charge is 2.12. The van der Waals surface area contributed by atoms with Crippen LogP contribution >= 0.6 is 0 Å². The number of hydrogen-bond donors (Lipinski definition) is 1. The molecule has 114 valence electrons. The lowest BCUT2D eigenvalue weighted by Gasteiger charge is -2.15. The fraction of sp³-hybridized carbons (Fsp3) is 0.643. The average molecular weight is 285 g/mol. The van der Waals surface area contributed by atoms with Gasteiger partial charge in [-0.2, -0.15) is 0 Å². The van der Waals surface area contributed by atoms with E-state index in [0.717, 1.165) is 12.2 Å². The molecule has 0 aromatic rings. The lowest BCUT2D eigenvalue weighted by atomic mass is 10.2. The lowest BCUT2D eigenvalue weighted by molar-refractivity contribution is -0.143. The van der Waals surface area contributed by atoms with Crippen LogP contribution in [0.25, 0.3) is 0 Å².